The van der Waals surface area contributed by atoms with Crippen LogP contribution < -0.4 is 4.90 Å². The Hall–Kier alpha value is -4.67. The molecular formula is C31H30FN9O. The van der Waals surface area contributed by atoms with Crippen molar-refractivity contribution in [3.05, 3.63) is 88.8 Å². The van der Waals surface area contributed by atoms with Crippen molar-refractivity contribution >= 4 is 17.2 Å². The van der Waals surface area contributed by atoms with Crippen molar-refractivity contribution in [3.8, 4) is 11.3 Å². The van der Waals surface area contributed by atoms with E-state index in [1.807, 2.05) is 29.2 Å². The summed E-state index contributed by atoms with van der Waals surface area (Å²) in [6.45, 7) is 4.24. The van der Waals surface area contributed by atoms with Crippen LogP contribution in [0.5, 0.6) is 0 Å². The first kappa shape index (κ1) is 25.1. The monoisotopic (exact) mass is 563 g/mol. The smallest absolute Gasteiger partial charge is 0.273 e. The third-order valence-corrected chi connectivity index (χ3v) is 9.06. The molecule has 2 aliphatic heterocycles. The summed E-state index contributed by atoms with van der Waals surface area (Å²) < 4.78 is 17.4. The summed E-state index contributed by atoms with van der Waals surface area (Å²) in [5.74, 6) is 0.850. The fraction of sp³-hybridized carbons (Fsp3) is 0.355. The molecule has 2 aromatic carbocycles. The number of anilines is 1. The van der Waals surface area contributed by atoms with E-state index in [4.69, 9.17) is 10.1 Å². The van der Waals surface area contributed by atoms with Crippen LogP contribution in [0, 0.1) is 5.82 Å². The quantitative estimate of drug-likeness (QED) is 0.331. The molecule has 1 aliphatic carbocycles. The van der Waals surface area contributed by atoms with Crippen LogP contribution >= 0.6 is 0 Å². The SMILES string of the molecule is C[C@@H]1c2ccccc2CCN1C(=O)c1cc(C2CC2)n2nc(-c3ccc(N4CC[C@H](c5nnn[nH]5)C4)cc3F)cc2n1. The van der Waals surface area contributed by atoms with Gasteiger partial charge in [0.2, 0.25) is 0 Å². The number of carbonyl (C=O) groups excluding carboxylic acids is 1. The number of carbonyl (C=O) groups is 1. The maximum absolute atomic E-state index is 15.6. The van der Waals surface area contributed by atoms with Crippen molar-refractivity contribution in [1.82, 2.24) is 40.1 Å². The predicted molar refractivity (Wildman–Crippen MR) is 154 cm³/mol. The summed E-state index contributed by atoms with van der Waals surface area (Å²) in [5.41, 5.74) is 6.16. The van der Waals surface area contributed by atoms with E-state index in [1.165, 1.54) is 11.1 Å². The zero-order valence-electron chi connectivity index (χ0n) is 23.2. The first-order valence-corrected chi connectivity index (χ1v) is 14.6. The average Bonchev–Trinajstić information content (AvgIpc) is 3.37. The molecule has 3 aromatic heterocycles. The zero-order chi connectivity index (χ0) is 28.4. The maximum atomic E-state index is 15.6. The molecule has 42 heavy (non-hydrogen) atoms. The van der Waals surface area contributed by atoms with Gasteiger partial charge in [-0.2, -0.15) is 5.10 Å². The van der Waals surface area contributed by atoms with Crippen LogP contribution in [0.1, 0.15) is 77.2 Å². The third-order valence-electron chi connectivity index (χ3n) is 9.06. The number of fused-ring (bicyclic) bond motifs is 2. The normalized spacial score (nSPS) is 20.3. The number of hydrogen-bond acceptors (Lipinski definition) is 7. The van der Waals surface area contributed by atoms with Gasteiger partial charge in [-0.05, 0) is 78.4 Å². The van der Waals surface area contributed by atoms with Gasteiger partial charge in [0.1, 0.15) is 11.5 Å². The van der Waals surface area contributed by atoms with E-state index in [9.17, 15) is 4.79 Å². The number of amides is 1. The second-order valence-corrected chi connectivity index (χ2v) is 11.6. The third kappa shape index (κ3) is 4.22. The molecule has 0 bridgehead atoms. The summed E-state index contributed by atoms with van der Waals surface area (Å²) in [5, 5.41) is 19.0. The van der Waals surface area contributed by atoms with Crippen LogP contribution in [0.25, 0.3) is 16.9 Å². The van der Waals surface area contributed by atoms with Gasteiger partial charge in [-0.3, -0.25) is 4.79 Å². The van der Waals surface area contributed by atoms with Crippen LogP contribution in [-0.2, 0) is 6.42 Å². The van der Waals surface area contributed by atoms with Crippen LogP contribution in [0.15, 0.2) is 54.6 Å². The van der Waals surface area contributed by atoms with Gasteiger partial charge in [0.15, 0.2) is 11.5 Å². The molecule has 0 radical (unpaired) electrons. The number of nitrogens with zero attached hydrogens (tertiary/aromatic N) is 8. The molecule has 1 saturated heterocycles. The van der Waals surface area contributed by atoms with Crippen LogP contribution in [0.3, 0.4) is 0 Å². The Kier molecular flexibility index (Phi) is 5.80. The Morgan fingerprint density at radius 2 is 1.90 bits per heavy atom. The molecule has 212 valence electrons. The number of hydrogen-bond donors (Lipinski definition) is 1. The maximum Gasteiger partial charge on any atom is 0.273 e. The van der Waals surface area contributed by atoms with Crippen LogP contribution in [-0.4, -0.2) is 65.7 Å². The lowest BCUT2D eigenvalue weighted by atomic mass is 9.93. The summed E-state index contributed by atoms with van der Waals surface area (Å²) in [4.78, 5) is 22.6. The summed E-state index contributed by atoms with van der Waals surface area (Å²) in [6, 6.07) is 17.3. The number of halogens is 1. The van der Waals surface area contributed by atoms with Crippen molar-refractivity contribution in [3.63, 3.8) is 0 Å². The Bertz CT molecular complexity index is 1810. The number of rotatable bonds is 5. The molecule has 8 rings (SSSR count). The van der Waals surface area contributed by atoms with Gasteiger partial charge in [-0.25, -0.2) is 19.0 Å². The van der Waals surface area contributed by atoms with E-state index in [1.54, 1.807) is 22.7 Å². The molecule has 10 nitrogen and oxygen atoms in total. The highest BCUT2D eigenvalue weighted by Crippen LogP contribution is 2.41. The fourth-order valence-corrected chi connectivity index (χ4v) is 6.57. The lowest BCUT2D eigenvalue weighted by Gasteiger charge is -2.35. The topological polar surface area (TPSA) is 108 Å². The summed E-state index contributed by atoms with van der Waals surface area (Å²) in [7, 11) is 0. The highest BCUT2D eigenvalue weighted by Gasteiger charge is 2.33. The van der Waals surface area contributed by atoms with Crippen molar-refractivity contribution in [2.24, 2.45) is 0 Å². The van der Waals surface area contributed by atoms with Crippen molar-refractivity contribution in [2.45, 2.75) is 50.5 Å². The summed E-state index contributed by atoms with van der Waals surface area (Å²) >= 11 is 0. The Morgan fingerprint density at radius 1 is 1.02 bits per heavy atom. The molecule has 11 heteroatoms. The fourth-order valence-electron chi connectivity index (χ4n) is 6.57. The number of aromatic nitrogens is 7. The highest BCUT2D eigenvalue weighted by molar-refractivity contribution is 5.93. The molecular weight excluding hydrogens is 533 g/mol. The van der Waals surface area contributed by atoms with E-state index in [-0.39, 0.29) is 23.7 Å². The summed E-state index contributed by atoms with van der Waals surface area (Å²) in [6.07, 6.45) is 3.80. The predicted octanol–water partition coefficient (Wildman–Crippen LogP) is 4.68. The van der Waals surface area contributed by atoms with Crippen molar-refractivity contribution in [1.29, 1.82) is 0 Å². The molecule has 1 N–H and O–H groups in total. The Labute approximate surface area is 241 Å². The lowest BCUT2D eigenvalue weighted by molar-refractivity contribution is 0.0671. The molecule has 5 aromatic rings. The van der Waals surface area contributed by atoms with Crippen molar-refractivity contribution in [2.75, 3.05) is 24.5 Å². The van der Waals surface area contributed by atoms with E-state index in [2.05, 4.69) is 44.6 Å². The van der Waals surface area contributed by atoms with Gasteiger partial charge in [0, 0.05) is 54.5 Å². The molecule has 0 unspecified atom stereocenters. The first-order chi connectivity index (χ1) is 20.5. The number of aromatic amines is 1. The largest absolute Gasteiger partial charge is 0.371 e. The second kappa shape index (κ2) is 9.71. The lowest BCUT2D eigenvalue weighted by Crippen LogP contribution is -2.39. The minimum absolute atomic E-state index is 0.0313. The molecule has 0 spiro atoms. The molecule has 2 fully saturated rings. The molecule has 3 aliphatic rings. The second-order valence-electron chi connectivity index (χ2n) is 11.6. The number of tetrazole rings is 1. The van der Waals surface area contributed by atoms with Gasteiger partial charge in [0.05, 0.1) is 11.7 Å². The molecule has 5 heterocycles. The van der Waals surface area contributed by atoms with Crippen LogP contribution in [0.4, 0.5) is 10.1 Å². The van der Waals surface area contributed by atoms with E-state index in [0.29, 0.717) is 35.1 Å². The number of nitrogens with one attached hydrogen (secondary N) is 1. The van der Waals surface area contributed by atoms with Gasteiger partial charge < -0.3 is 9.80 Å². The van der Waals surface area contributed by atoms with Gasteiger partial charge in [-0.15, -0.1) is 5.10 Å². The number of H-pyrrole nitrogens is 1. The van der Waals surface area contributed by atoms with E-state index >= 15 is 4.39 Å². The standard InChI is InChI=1S/C31H30FN9O/c1-18-23-5-3-2-4-19(23)11-13-40(18)31(42)27-15-28(20-6-7-20)41-29(33-27)16-26(36-41)24-9-8-22(14-25(24)32)39-12-10-21(17-39)30-34-37-38-35-30/h2-5,8-9,14-16,18,20-21H,6-7,10-13,17H2,1H3,(H,34,35,37,38)/t18-,21+/m1/s1. The van der Waals surface area contributed by atoms with E-state index < -0.39 is 0 Å². The zero-order valence-corrected chi connectivity index (χ0v) is 23.2. The molecule has 2 atom stereocenters. The minimum Gasteiger partial charge on any atom is -0.371 e. The van der Waals surface area contributed by atoms with Crippen LogP contribution in [0.2, 0.25) is 0 Å². The van der Waals surface area contributed by atoms with Gasteiger partial charge >= 0.3 is 0 Å². The molecule has 1 amide bonds. The Morgan fingerprint density at radius 3 is 2.71 bits per heavy atom. The molecule has 1 saturated carbocycles. The van der Waals surface area contributed by atoms with Crippen molar-refractivity contribution < 1.29 is 9.18 Å². The van der Waals surface area contributed by atoms with Gasteiger partial charge in [-0.1, -0.05) is 24.3 Å². The minimum atomic E-state index is -0.342. The first-order valence-electron chi connectivity index (χ1n) is 14.6. The highest BCUT2D eigenvalue weighted by atomic mass is 19.1. The van der Waals surface area contributed by atoms with E-state index in [0.717, 1.165) is 56.0 Å². The average molecular weight is 564 g/mol. The van der Waals surface area contributed by atoms with Gasteiger partial charge in [0.25, 0.3) is 5.91 Å². The number of benzene rings is 2. The Balaban J connectivity index is 1.09.